The first-order valence-corrected chi connectivity index (χ1v) is 12.9. The molecule has 3 atom stereocenters. The van der Waals surface area contributed by atoms with E-state index in [2.05, 4.69) is 20.6 Å². The highest BCUT2D eigenvalue weighted by atomic mass is 19.1. The maximum Gasteiger partial charge on any atom is 0.237 e. The SMILES string of the molecule is CC(C)C(=O)CN[C@@H](CCC(=O)N1CCCC[C@@H]1C)C(=O)N[C@@H](C)c1ncc(-c2ccc(F)cc2F)[nH]1. The van der Waals surface area contributed by atoms with Crippen LogP contribution in [0.15, 0.2) is 24.4 Å². The summed E-state index contributed by atoms with van der Waals surface area (Å²) in [6.45, 7) is 8.09. The zero-order valence-corrected chi connectivity index (χ0v) is 21.9. The number of nitrogens with one attached hydrogen (secondary N) is 3. The normalized spacial score (nSPS) is 17.5. The third-order valence-electron chi connectivity index (χ3n) is 6.84. The van der Waals surface area contributed by atoms with Crippen LogP contribution in [0.1, 0.15) is 71.7 Å². The van der Waals surface area contributed by atoms with Gasteiger partial charge in [0.15, 0.2) is 0 Å². The number of carbonyl (C=O) groups is 3. The van der Waals surface area contributed by atoms with E-state index in [0.29, 0.717) is 11.5 Å². The van der Waals surface area contributed by atoms with Crippen LogP contribution in [-0.2, 0) is 14.4 Å². The summed E-state index contributed by atoms with van der Waals surface area (Å²) in [5.74, 6) is -1.58. The molecule has 1 fully saturated rings. The predicted molar refractivity (Wildman–Crippen MR) is 136 cm³/mol. The third-order valence-corrected chi connectivity index (χ3v) is 6.84. The summed E-state index contributed by atoms with van der Waals surface area (Å²) < 4.78 is 27.4. The molecule has 37 heavy (non-hydrogen) atoms. The molecule has 1 saturated heterocycles. The molecular weight excluding hydrogens is 480 g/mol. The second kappa shape index (κ2) is 12.9. The molecule has 2 aromatic rings. The zero-order valence-electron chi connectivity index (χ0n) is 21.9. The van der Waals surface area contributed by atoms with Gasteiger partial charge < -0.3 is 15.2 Å². The van der Waals surface area contributed by atoms with Gasteiger partial charge >= 0.3 is 0 Å². The number of ketones is 1. The summed E-state index contributed by atoms with van der Waals surface area (Å²) in [6, 6.07) is 2.14. The number of aromatic amines is 1. The molecule has 0 bridgehead atoms. The number of amides is 2. The Balaban J connectivity index is 1.66. The molecule has 10 heteroatoms. The molecule has 3 N–H and O–H groups in total. The number of imidazole rings is 1. The molecule has 0 saturated carbocycles. The maximum absolute atomic E-state index is 14.2. The Hall–Kier alpha value is -3.14. The summed E-state index contributed by atoms with van der Waals surface area (Å²) in [4.78, 5) is 47.3. The molecule has 3 rings (SSSR count). The van der Waals surface area contributed by atoms with Gasteiger partial charge in [-0.3, -0.25) is 19.7 Å². The highest BCUT2D eigenvalue weighted by Gasteiger charge is 2.27. The number of aromatic nitrogens is 2. The lowest BCUT2D eigenvalue weighted by atomic mass is 10.0. The van der Waals surface area contributed by atoms with Gasteiger partial charge in [-0.2, -0.15) is 0 Å². The Bertz CT molecular complexity index is 1100. The van der Waals surface area contributed by atoms with Crippen molar-refractivity contribution in [3.8, 4) is 11.3 Å². The molecule has 2 heterocycles. The van der Waals surface area contributed by atoms with E-state index >= 15 is 0 Å². The minimum Gasteiger partial charge on any atom is -0.345 e. The highest BCUT2D eigenvalue weighted by molar-refractivity contribution is 5.86. The van der Waals surface area contributed by atoms with Gasteiger partial charge in [0.25, 0.3) is 0 Å². The number of hydrogen-bond donors (Lipinski definition) is 3. The summed E-state index contributed by atoms with van der Waals surface area (Å²) in [5.41, 5.74) is 0.517. The van der Waals surface area contributed by atoms with Crippen LogP contribution in [0.3, 0.4) is 0 Å². The number of H-pyrrole nitrogens is 1. The first-order chi connectivity index (χ1) is 17.6. The minimum atomic E-state index is -0.752. The standard InChI is InChI=1S/C27H37F2N5O3/c1-16(2)24(35)15-30-22(10-11-25(36)34-12-6-5-7-17(34)3)27(37)32-18(4)26-31-14-23(33-26)20-9-8-19(28)13-21(20)29/h8-9,13-14,16-18,22,30H,5-7,10-12,15H2,1-4H3,(H,31,33)(H,32,37)/t17-,18-,22-/m0/s1. The number of rotatable bonds is 11. The third kappa shape index (κ3) is 7.67. The number of Topliss-reactive ketones (excluding diaryl/α,β-unsaturated/α-hetero) is 1. The second-order valence-corrected chi connectivity index (χ2v) is 10.1. The summed E-state index contributed by atoms with van der Waals surface area (Å²) in [5, 5.41) is 5.89. The summed E-state index contributed by atoms with van der Waals surface area (Å²) in [7, 11) is 0. The summed E-state index contributed by atoms with van der Waals surface area (Å²) >= 11 is 0. The van der Waals surface area contributed by atoms with E-state index in [4.69, 9.17) is 0 Å². The Kier molecular flexibility index (Phi) is 9.91. The quantitative estimate of drug-likeness (QED) is 0.419. The number of likely N-dealkylation sites (tertiary alicyclic amines) is 1. The van der Waals surface area contributed by atoms with Gasteiger partial charge in [0, 0.05) is 36.6 Å². The number of carbonyl (C=O) groups excluding carboxylic acids is 3. The van der Waals surface area contributed by atoms with Gasteiger partial charge in [0.05, 0.1) is 30.5 Å². The smallest absolute Gasteiger partial charge is 0.237 e. The van der Waals surface area contributed by atoms with Gasteiger partial charge in [-0.15, -0.1) is 0 Å². The van der Waals surface area contributed by atoms with Gasteiger partial charge in [-0.05, 0) is 51.7 Å². The number of halogens is 2. The Morgan fingerprint density at radius 3 is 2.62 bits per heavy atom. The largest absolute Gasteiger partial charge is 0.345 e. The van der Waals surface area contributed by atoms with Crippen molar-refractivity contribution in [2.45, 2.75) is 77.9 Å². The van der Waals surface area contributed by atoms with Crippen molar-refractivity contribution in [3.05, 3.63) is 41.9 Å². The second-order valence-electron chi connectivity index (χ2n) is 10.1. The van der Waals surface area contributed by atoms with E-state index in [1.54, 1.807) is 20.8 Å². The Morgan fingerprint density at radius 2 is 1.95 bits per heavy atom. The van der Waals surface area contributed by atoms with Crippen LogP contribution in [-0.4, -0.2) is 57.6 Å². The highest BCUT2D eigenvalue weighted by Crippen LogP contribution is 2.23. The van der Waals surface area contributed by atoms with E-state index in [-0.39, 0.29) is 54.5 Å². The van der Waals surface area contributed by atoms with Crippen LogP contribution in [0.5, 0.6) is 0 Å². The van der Waals surface area contributed by atoms with Crippen molar-refractivity contribution in [2.24, 2.45) is 5.92 Å². The molecule has 8 nitrogen and oxygen atoms in total. The molecule has 2 amide bonds. The topological polar surface area (TPSA) is 107 Å². The molecule has 1 aromatic heterocycles. The zero-order chi connectivity index (χ0) is 27.1. The van der Waals surface area contributed by atoms with Crippen LogP contribution in [0.2, 0.25) is 0 Å². The molecule has 0 aliphatic carbocycles. The fraction of sp³-hybridized carbons (Fsp3) is 0.556. The van der Waals surface area contributed by atoms with Crippen LogP contribution < -0.4 is 10.6 Å². The molecule has 1 aliphatic heterocycles. The maximum atomic E-state index is 14.2. The van der Waals surface area contributed by atoms with Crippen molar-refractivity contribution in [1.29, 1.82) is 0 Å². The lowest BCUT2D eigenvalue weighted by Crippen LogP contribution is -2.48. The predicted octanol–water partition coefficient (Wildman–Crippen LogP) is 3.90. The van der Waals surface area contributed by atoms with Crippen molar-refractivity contribution in [2.75, 3.05) is 13.1 Å². The summed E-state index contributed by atoms with van der Waals surface area (Å²) in [6.07, 6.45) is 4.91. The number of benzene rings is 1. The lowest BCUT2D eigenvalue weighted by molar-refractivity contribution is -0.134. The number of hydrogen-bond acceptors (Lipinski definition) is 5. The number of nitrogens with zero attached hydrogens (tertiary/aromatic N) is 2. The van der Waals surface area contributed by atoms with Crippen LogP contribution in [0.4, 0.5) is 8.78 Å². The molecule has 1 aromatic carbocycles. The monoisotopic (exact) mass is 517 g/mol. The van der Waals surface area contributed by atoms with Gasteiger partial charge in [-0.25, -0.2) is 13.8 Å². The van der Waals surface area contributed by atoms with Crippen molar-refractivity contribution >= 4 is 17.6 Å². The van der Waals surface area contributed by atoms with Gasteiger partial charge in [0.2, 0.25) is 11.8 Å². The van der Waals surface area contributed by atoms with Crippen molar-refractivity contribution < 1.29 is 23.2 Å². The van der Waals surface area contributed by atoms with Crippen molar-refractivity contribution in [1.82, 2.24) is 25.5 Å². The molecule has 0 unspecified atom stereocenters. The molecule has 0 spiro atoms. The Morgan fingerprint density at radius 1 is 1.19 bits per heavy atom. The van der Waals surface area contributed by atoms with Gasteiger partial charge in [0.1, 0.15) is 23.2 Å². The fourth-order valence-electron chi connectivity index (χ4n) is 4.42. The average Bonchev–Trinajstić information content (AvgIpc) is 3.34. The molecule has 202 valence electrons. The van der Waals surface area contributed by atoms with Crippen LogP contribution in [0.25, 0.3) is 11.3 Å². The molecule has 1 aliphatic rings. The average molecular weight is 518 g/mol. The van der Waals surface area contributed by atoms with E-state index in [1.165, 1.54) is 12.3 Å². The van der Waals surface area contributed by atoms with Gasteiger partial charge in [-0.1, -0.05) is 13.8 Å². The van der Waals surface area contributed by atoms with E-state index < -0.39 is 23.7 Å². The molecular formula is C27H37F2N5O3. The minimum absolute atomic E-state index is 0.00651. The van der Waals surface area contributed by atoms with Crippen molar-refractivity contribution in [3.63, 3.8) is 0 Å². The first kappa shape index (κ1) is 28.4. The van der Waals surface area contributed by atoms with E-state index in [9.17, 15) is 23.2 Å². The molecule has 0 radical (unpaired) electrons. The lowest BCUT2D eigenvalue weighted by Gasteiger charge is -2.34. The fourth-order valence-corrected chi connectivity index (χ4v) is 4.42. The Labute approximate surface area is 216 Å². The number of piperidine rings is 1. The van der Waals surface area contributed by atoms with E-state index in [0.717, 1.165) is 37.9 Å². The first-order valence-electron chi connectivity index (χ1n) is 12.9. The van der Waals surface area contributed by atoms with E-state index in [1.807, 2.05) is 11.8 Å². The van der Waals surface area contributed by atoms with Crippen LogP contribution in [0, 0.1) is 17.6 Å². The van der Waals surface area contributed by atoms with Crippen LogP contribution >= 0.6 is 0 Å².